The van der Waals surface area contributed by atoms with Gasteiger partial charge in [-0.15, -0.1) is 0 Å². The van der Waals surface area contributed by atoms with Crippen molar-refractivity contribution in [1.29, 1.82) is 0 Å². The number of carbonyl (C=O) groups excluding carboxylic acids is 11. The van der Waals surface area contributed by atoms with Gasteiger partial charge in [0.25, 0.3) is 0 Å². The van der Waals surface area contributed by atoms with Crippen molar-refractivity contribution in [2.24, 2.45) is 35.5 Å². The van der Waals surface area contributed by atoms with E-state index in [1.165, 1.54) is 96.6 Å². The largest absolute Gasteiger partial charge is 0.396 e. The zero-order chi connectivity index (χ0) is 72.0. The number of amides is 11. The van der Waals surface area contributed by atoms with Gasteiger partial charge in [-0.3, -0.25) is 52.7 Å². The molecule has 93 heavy (non-hydrogen) atoms. The van der Waals surface area contributed by atoms with E-state index in [1.807, 2.05) is 41.5 Å². The second-order valence-corrected chi connectivity index (χ2v) is 28.2. The first-order valence-corrected chi connectivity index (χ1v) is 33.3. The lowest BCUT2D eigenvalue weighted by molar-refractivity contribution is -0.157. The molecule has 1 saturated heterocycles. The van der Waals surface area contributed by atoms with Crippen LogP contribution in [0.25, 0.3) is 0 Å². The summed E-state index contributed by atoms with van der Waals surface area (Å²) in [6.07, 6.45) is 2.73. The van der Waals surface area contributed by atoms with Gasteiger partial charge in [-0.05, 0) is 115 Å². The van der Waals surface area contributed by atoms with E-state index in [0.717, 1.165) is 14.7 Å². The zero-order valence-electron chi connectivity index (χ0n) is 60.7. The standard InChI is InChI=1S/C67H121N11O15/c1-25-27-29-43(13)55(80)54-59(84)70-46(26-2)61(86)76(22)51(37-93-33-28-32-79)64(89)75(21)50(36-67(16,17)92)58(83)71-52(41(9)10)65(90)72(18)47(31-30-38(3)4)57(82)68-44(14)56(81)69-45(15)60(85)73(19)48(34-39(5)6)62(87)74(20)49(35-40(7)8)63(88)77(23)53(42(11)12)66(91)78(54)24/h25,27,38-55,79-80,92H,26,28-37H2,1-24H3,(H,68,82)(H,69,81)(H,70,84)(H,71,83)/b27-25+/t43-,44-,45+,46+,47-,48+,49+,50+,51-,52-,53+,54+,55-/m1/s1. The molecule has 0 radical (unpaired) electrons. The number of allylic oxidation sites excluding steroid dienone is 2. The number of aliphatic hydroxyl groups excluding tert-OH is 2. The minimum atomic E-state index is -1.69. The zero-order valence-corrected chi connectivity index (χ0v) is 60.7. The van der Waals surface area contributed by atoms with E-state index in [2.05, 4.69) is 21.3 Å². The number of hydrogen-bond donors (Lipinski definition) is 7. The molecule has 1 rings (SSSR count). The first kappa shape index (κ1) is 84.8. The first-order valence-electron chi connectivity index (χ1n) is 33.3. The molecule has 1 fully saturated rings. The van der Waals surface area contributed by atoms with Crippen LogP contribution in [0.1, 0.15) is 169 Å². The fourth-order valence-electron chi connectivity index (χ4n) is 11.4. The van der Waals surface area contributed by atoms with Crippen LogP contribution < -0.4 is 21.3 Å². The molecule has 0 unspecified atom stereocenters. The number of nitrogens with one attached hydrogen (secondary N) is 4. The summed E-state index contributed by atoms with van der Waals surface area (Å²) in [6, 6.07) is -14.9. The lowest BCUT2D eigenvalue weighted by Gasteiger charge is -2.41. The van der Waals surface area contributed by atoms with Gasteiger partial charge < -0.3 is 75.6 Å². The maximum atomic E-state index is 15.3. The van der Waals surface area contributed by atoms with Gasteiger partial charge in [-0.1, -0.05) is 95.2 Å². The number of rotatable bonds is 21. The van der Waals surface area contributed by atoms with Crippen molar-refractivity contribution in [3.8, 4) is 0 Å². The van der Waals surface area contributed by atoms with Gasteiger partial charge in [-0.25, -0.2) is 0 Å². The molecule has 0 bridgehead atoms. The van der Waals surface area contributed by atoms with Crippen LogP contribution in [-0.4, -0.2) is 262 Å². The number of nitrogens with zero attached hydrogens (tertiary/aromatic N) is 7. The SMILES string of the molecule is C/C=C/C[C@@H](C)[C@@H](O)[C@H]1C(=O)N[C@@H](CC)C(=O)N(C)[C@H](COCCCO)C(=O)N(C)[C@@H](CC(C)(C)O)C(=O)N[C@H](C(C)C)C(=O)N(C)[C@H](CCC(C)C)C(=O)N[C@H](C)C(=O)N[C@@H](C)C(=O)N(C)[C@@H](CC(C)C)C(=O)N(C)[C@@H](CC(C)C)C(=O)N(C)[C@@H](C(C)C)C(=O)N1C. The van der Waals surface area contributed by atoms with Gasteiger partial charge in [0.1, 0.15) is 66.5 Å². The van der Waals surface area contributed by atoms with E-state index in [4.69, 9.17) is 4.74 Å². The molecule has 0 aromatic rings. The summed E-state index contributed by atoms with van der Waals surface area (Å²) in [6.45, 7) is 28.0. The van der Waals surface area contributed by atoms with Crippen molar-refractivity contribution in [3.05, 3.63) is 12.2 Å². The highest BCUT2D eigenvalue weighted by Crippen LogP contribution is 2.26. The molecule has 1 heterocycles. The van der Waals surface area contributed by atoms with Crippen molar-refractivity contribution in [1.82, 2.24) is 55.6 Å². The summed E-state index contributed by atoms with van der Waals surface area (Å²) < 4.78 is 5.87. The molecule has 7 N–H and O–H groups in total. The topological polar surface area (TPSA) is 328 Å². The van der Waals surface area contributed by atoms with Gasteiger partial charge in [0.2, 0.25) is 65.0 Å². The molecular weight excluding hydrogens is 1200 g/mol. The van der Waals surface area contributed by atoms with E-state index in [9.17, 15) is 44.1 Å². The highest BCUT2D eigenvalue weighted by atomic mass is 16.5. The number of ether oxygens (including phenoxy) is 1. The van der Waals surface area contributed by atoms with Crippen LogP contribution in [0, 0.1) is 35.5 Å². The molecule has 0 aliphatic carbocycles. The Morgan fingerprint density at radius 2 is 0.989 bits per heavy atom. The average molecular weight is 1320 g/mol. The molecule has 534 valence electrons. The Balaban J connectivity index is 4.56. The maximum absolute atomic E-state index is 15.3. The van der Waals surface area contributed by atoms with Crippen LogP contribution in [0.3, 0.4) is 0 Å². The van der Waals surface area contributed by atoms with Gasteiger partial charge in [0.05, 0.1) is 18.3 Å². The maximum Gasteiger partial charge on any atom is 0.248 e. The van der Waals surface area contributed by atoms with Crippen LogP contribution in [-0.2, 0) is 57.5 Å². The molecule has 1 aliphatic heterocycles. The predicted octanol–water partition coefficient (Wildman–Crippen LogP) is 2.54. The molecule has 13 atom stereocenters. The summed E-state index contributed by atoms with van der Waals surface area (Å²) in [7, 11) is 9.59. The van der Waals surface area contributed by atoms with Crippen LogP contribution in [0.5, 0.6) is 0 Å². The quantitative estimate of drug-likeness (QED) is 0.0642. The van der Waals surface area contributed by atoms with E-state index in [1.54, 1.807) is 60.6 Å². The van der Waals surface area contributed by atoms with Crippen molar-refractivity contribution in [2.45, 2.75) is 247 Å². The Morgan fingerprint density at radius 1 is 0.527 bits per heavy atom. The van der Waals surface area contributed by atoms with Gasteiger partial charge in [0.15, 0.2) is 0 Å². The molecule has 0 aromatic heterocycles. The van der Waals surface area contributed by atoms with Crippen LogP contribution in [0.4, 0.5) is 0 Å². The Labute approximate surface area is 555 Å². The Hall–Kier alpha value is -6.25. The molecule has 0 spiro atoms. The molecule has 11 amide bonds. The normalized spacial score (nSPS) is 26.6. The molecule has 0 aromatic carbocycles. The molecule has 0 saturated carbocycles. The lowest BCUT2D eigenvalue weighted by Crippen LogP contribution is -2.64. The second kappa shape index (κ2) is 38.9. The van der Waals surface area contributed by atoms with E-state index >= 15 is 24.0 Å². The Kier molecular flexibility index (Phi) is 35.5. The third-order valence-electron chi connectivity index (χ3n) is 17.4. The van der Waals surface area contributed by atoms with Gasteiger partial charge in [-0.2, -0.15) is 0 Å². The van der Waals surface area contributed by atoms with Gasteiger partial charge in [0, 0.05) is 69.0 Å². The number of aliphatic hydroxyl groups is 3. The minimum Gasteiger partial charge on any atom is -0.396 e. The molecule has 26 heteroatoms. The Bertz CT molecular complexity index is 2520. The van der Waals surface area contributed by atoms with E-state index in [0.29, 0.717) is 6.42 Å². The molecule has 26 nitrogen and oxygen atoms in total. The van der Waals surface area contributed by atoms with Gasteiger partial charge >= 0.3 is 0 Å². The second-order valence-electron chi connectivity index (χ2n) is 28.2. The summed E-state index contributed by atoms with van der Waals surface area (Å²) in [4.78, 5) is 171. The van der Waals surface area contributed by atoms with Crippen molar-refractivity contribution in [2.75, 3.05) is 69.2 Å². The Morgan fingerprint density at radius 3 is 1.46 bits per heavy atom. The van der Waals surface area contributed by atoms with Crippen molar-refractivity contribution in [3.63, 3.8) is 0 Å². The van der Waals surface area contributed by atoms with Crippen LogP contribution in [0.15, 0.2) is 12.2 Å². The smallest absolute Gasteiger partial charge is 0.248 e. The lowest BCUT2D eigenvalue weighted by atomic mass is 9.91. The summed E-state index contributed by atoms with van der Waals surface area (Å²) in [5, 5.41) is 44.1. The van der Waals surface area contributed by atoms with Crippen LogP contribution in [0.2, 0.25) is 0 Å². The highest BCUT2D eigenvalue weighted by Gasteiger charge is 2.47. The fourth-order valence-corrected chi connectivity index (χ4v) is 11.4. The third-order valence-corrected chi connectivity index (χ3v) is 17.4. The molecular formula is C67H121N11O15. The van der Waals surface area contributed by atoms with E-state index in [-0.39, 0.29) is 69.5 Å². The third kappa shape index (κ3) is 24.8. The average Bonchev–Trinajstić information content (AvgIpc) is 0.819. The number of hydrogen-bond acceptors (Lipinski definition) is 15. The van der Waals surface area contributed by atoms with Crippen molar-refractivity contribution < 1.29 is 72.8 Å². The number of likely N-dealkylation sites (N-methyl/N-ethyl adjacent to an activating group) is 7. The van der Waals surface area contributed by atoms with Crippen LogP contribution >= 0.6 is 0 Å². The summed E-state index contributed by atoms with van der Waals surface area (Å²) >= 11 is 0. The highest BCUT2D eigenvalue weighted by molar-refractivity contribution is 6.00. The van der Waals surface area contributed by atoms with E-state index < -0.39 is 174 Å². The summed E-state index contributed by atoms with van der Waals surface area (Å²) in [5.74, 6) is -10.6. The fraction of sp³-hybridized carbons (Fsp3) is 0.806. The number of carbonyl (C=O) groups is 11. The predicted molar refractivity (Wildman–Crippen MR) is 356 cm³/mol. The minimum absolute atomic E-state index is 0.0531. The van der Waals surface area contributed by atoms with Crippen molar-refractivity contribution >= 4 is 65.0 Å². The summed E-state index contributed by atoms with van der Waals surface area (Å²) in [5.41, 5.74) is -1.63. The first-order chi connectivity index (χ1) is 43.0. The molecule has 1 aliphatic rings. The monoisotopic (exact) mass is 1320 g/mol.